The number of anilines is 1. The predicted molar refractivity (Wildman–Crippen MR) is 130 cm³/mol. The van der Waals surface area contributed by atoms with Crippen molar-refractivity contribution in [2.45, 2.75) is 37.4 Å². The molecular formula is C25H24ClF3N2O3S. The van der Waals surface area contributed by atoms with Gasteiger partial charge in [0.15, 0.2) is 0 Å². The minimum atomic E-state index is -4.81. The number of benzene rings is 3. The van der Waals surface area contributed by atoms with Crippen molar-refractivity contribution in [2.24, 2.45) is 0 Å². The third kappa shape index (κ3) is 6.35. The summed E-state index contributed by atoms with van der Waals surface area (Å²) in [5.74, 6) is -0.666. The number of halogens is 4. The lowest BCUT2D eigenvalue weighted by Gasteiger charge is -2.26. The molecule has 0 heterocycles. The number of rotatable bonds is 8. The first kappa shape index (κ1) is 26.6. The predicted octanol–water partition coefficient (Wildman–Crippen LogP) is 6.13. The molecule has 3 aromatic carbocycles. The Kier molecular flexibility index (Phi) is 8.12. The molecule has 0 fully saturated rings. The van der Waals surface area contributed by atoms with Gasteiger partial charge >= 0.3 is 6.18 Å². The van der Waals surface area contributed by atoms with Gasteiger partial charge in [0.1, 0.15) is 6.54 Å². The first-order chi connectivity index (χ1) is 16.4. The molecule has 186 valence electrons. The Balaban J connectivity index is 1.99. The fraction of sp³-hybridized carbons (Fsp3) is 0.240. The van der Waals surface area contributed by atoms with Crippen LogP contribution in [0.5, 0.6) is 0 Å². The fourth-order valence-corrected chi connectivity index (χ4v) is 5.17. The van der Waals surface area contributed by atoms with Gasteiger partial charge in [-0.25, -0.2) is 8.42 Å². The molecule has 3 rings (SSSR count). The molecule has 0 saturated heterocycles. The van der Waals surface area contributed by atoms with E-state index in [9.17, 15) is 26.4 Å². The second-order valence-electron chi connectivity index (χ2n) is 7.93. The van der Waals surface area contributed by atoms with Crippen molar-refractivity contribution in [2.75, 3.05) is 10.8 Å². The Morgan fingerprint density at radius 2 is 1.66 bits per heavy atom. The lowest BCUT2D eigenvalue weighted by Crippen LogP contribution is -2.42. The van der Waals surface area contributed by atoms with Crippen molar-refractivity contribution < 1.29 is 26.4 Å². The summed E-state index contributed by atoms with van der Waals surface area (Å²) in [5, 5.41) is 2.21. The Hall–Kier alpha value is -3.04. The van der Waals surface area contributed by atoms with Gasteiger partial charge in [-0.1, -0.05) is 66.6 Å². The average molecular weight is 525 g/mol. The second-order valence-corrected chi connectivity index (χ2v) is 10.2. The van der Waals surface area contributed by atoms with Crippen LogP contribution in [0, 0.1) is 6.92 Å². The molecule has 1 amide bonds. The molecule has 0 aliphatic rings. The molecule has 3 aromatic rings. The van der Waals surface area contributed by atoms with Crippen molar-refractivity contribution in [3.8, 4) is 0 Å². The maximum absolute atomic E-state index is 13.5. The van der Waals surface area contributed by atoms with Crippen LogP contribution in [-0.2, 0) is 21.0 Å². The van der Waals surface area contributed by atoms with E-state index in [1.807, 2.05) is 38.1 Å². The summed E-state index contributed by atoms with van der Waals surface area (Å²) in [5.41, 5.74) is 0.341. The lowest BCUT2D eigenvalue weighted by molar-refractivity contribution is -0.137. The summed E-state index contributed by atoms with van der Waals surface area (Å²) >= 11 is 5.72. The van der Waals surface area contributed by atoms with E-state index in [1.165, 1.54) is 24.3 Å². The van der Waals surface area contributed by atoms with Crippen LogP contribution in [0.3, 0.4) is 0 Å². The minimum Gasteiger partial charge on any atom is -0.348 e. The van der Waals surface area contributed by atoms with Crippen LogP contribution in [0.15, 0.2) is 77.7 Å². The Morgan fingerprint density at radius 3 is 2.23 bits per heavy atom. The highest BCUT2D eigenvalue weighted by molar-refractivity contribution is 7.92. The highest BCUT2D eigenvalue weighted by Crippen LogP contribution is 2.38. The monoisotopic (exact) mass is 524 g/mol. The molecule has 0 radical (unpaired) electrons. The van der Waals surface area contributed by atoms with Crippen molar-refractivity contribution in [1.29, 1.82) is 0 Å². The zero-order valence-corrected chi connectivity index (χ0v) is 20.6. The van der Waals surface area contributed by atoms with Gasteiger partial charge < -0.3 is 5.32 Å². The highest BCUT2D eigenvalue weighted by Gasteiger charge is 2.35. The van der Waals surface area contributed by atoms with E-state index in [0.717, 1.165) is 23.3 Å². The van der Waals surface area contributed by atoms with Crippen molar-refractivity contribution in [1.82, 2.24) is 5.32 Å². The maximum Gasteiger partial charge on any atom is 0.417 e. The average Bonchev–Trinajstić information content (AvgIpc) is 2.82. The Bertz CT molecular complexity index is 1280. The molecule has 35 heavy (non-hydrogen) atoms. The van der Waals surface area contributed by atoms with Gasteiger partial charge in [0.25, 0.3) is 10.0 Å². The standard InChI is InChI=1S/C25H24ClF3N2O3S/c1-3-23(18-11-9-17(2)10-12-18)30-24(32)16-31(35(33,34)20-7-5-4-6-8-20)19-13-14-22(26)21(15-19)25(27,28)29/h4-15,23H,3,16H2,1-2H3,(H,30,32)/t23-/m0/s1. The van der Waals surface area contributed by atoms with E-state index in [2.05, 4.69) is 5.32 Å². The van der Waals surface area contributed by atoms with Gasteiger partial charge in [-0.05, 0) is 49.2 Å². The fourth-order valence-electron chi connectivity index (χ4n) is 3.51. The van der Waals surface area contributed by atoms with Crippen molar-refractivity contribution >= 4 is 33.2 Å². The number of sulfonamides is 1. The number of carbonyl (C=O) groups excluding carboxylic acids is 1. The smallest absolute Gasteiger partial charge is 0.348 e. The third-order valence-corrected chi connectivity index (χ3v) is 7.50. The molecule has 0 bridgehead atoms. The molecule has 10 heteroatoms. The summed E-state index contributed by atoms with van der Waals surface area (Å²) < 4.78 is 67.9. The molecule has 0 aliphatic carbocycles. The molecular weight excluding hydrogens is 501 g/mol. The largest absolute Gasteiger partial charge is 0.417 e. The van der Waals surface area contributed by atoms with Gasteiger partial charge in [0, 0.05) is 0 Å². The molecule has 5 nitrogen and oxygen atoms in total. The Morgan fingerprint density at radius 1 is 1.03 bits per heavy atom. The van der Waals surface area contributed by atoms with Crippen LogP contribution in [0.1, 0.15) is 36.1 Å². The lowest BCUT2D eigenvalue weighted by atomic mass is 10.0. The number of hydrogen-bond acceptors (Lipinski definition) is 3. The van der Waals surface area contributed by atoms with Crippen LogP contribution in [0.2, 0.25) is 5.02 Å². The zero-order chi connectivity index (χ0) is 25.8. The van der Waals surface area contributed by atoms with Crippen LogP contribution in [0.25, 0.3) is 0 Å². The highest BCUT2D eigenvalue weighted by atomic mass is 35.5. The SMILES string of the molecule is CC[C@H](NC(=O)CN(c1ccc(Cl)c(C(F)(F)F)c1)S(=O)(=O)c1ccccc1)c1ccc(C)cc1. The van der Waals surface area contributed by atoms with Crippen LogP contribution < -0.4 is 9.62 Å². The van der Waals surface area contributed by atoms with Gasteiger partial charge in [-0.15, -0.1) is 0 Å². The van der Waals surface area contributed by atoms with Crippen molar-refractivity contribution in [3.05, 3.63) is 94.5 Å². The number of aryl methyl sites for hydroxylation is 1. The van der Waals surface area contributed by atoms with E-state index in [-0.39, 0.29) is 10.6 Å². The van der Waals surface area contributed by atoms with Gasteiger partial charge in [-0.2, -0.15) is 13.2 Å². The molecule has 1 atom stereocenters. The molecule has 0 spiro atoms. The number of alkyl halides is 3. The number of nitrogens with one attached hydrogen (secondary N) is 1. The normalized spacial score (nSPS) is 12.7. The van der Waals surface area contributed by atoms with E-state index in [0.29, 0.717) is 16.8 Å². The second kappa shape index (κ2) is 10.7. The first-order valence-corrected chi connectivity index (χ1v) is 12.6. The summed E-state index contributed by atoms with van der Waals surface area (Å²) in [4.78, 5) is 12.8. The molecule has 0 saturated carbocycles. The van der Waals surface area contributed by atoms with Crippen LogP contribution in [0.4, 0.5) is 18.9 Å². The van der Waals surface area contributed by atoms with Gasteiger partial charge in [-0.3, -0.25) is 9.10 Å². The first-order valence-electron chi connectivity index (χ1n) is 10.7. The van der Waals surface area contributed by atoms with E-state index in [4.69, 9.17) is 11.6 Å². The number of hydrogen-bond donors (Lipinski definition) is 1. The molecule has 0 unspecified atom stereocenters. The van der Waals surface area contributed by atoms with E-state index >= 15 is 0 Å². The third-order valence-electron chi connectivity index (χ3n) is 5.38. The van der Waals surface area contributed by atoms with Crippen LogP contribution >= 0.6 is 11.6 Å². The molecule has 0 aliphatic heterocycles. The topological polar surface area (TPSA) is 66.5 Å². The van der Waals surface area contributed by atoms with Crippen LogP contribution in [-0.4, -0.2) is 20.9 Å². The molecule has 0 aromatic heterocycles. The summed E-state index contributed by atoms with van der Waals surface area (Å²) in [6.45, 7) is 3.06. The number of nitrogens with zero attached hydrogens (tertiary/aromatic N) is 1. The van der Waals surface area contributed by atoms with Crippen molar-refractivity contribution in [3.63, 3.8) is 0 Å². The summed E-state index contributed by atoms with van der Waals surface area (Å²) in [6.07, 6.45) is -4.28. The molecule has 1 N–H and O–H groups in total. The van der Waals surface area contributed by atoms with Gasteiger partial charge in [0.05, 0.1) is 27.2 Å². The van der Waals surface area contributed by atoms with E-state index < -0.39 is 45.3 Å². The zero-order valence-electron chi connectivity index (χ0n) is 19.0. The number of carbonyl (C=O) groups is 1. The quantitative estimate of drug-likeness (QED) is 0.385. The summed E-state index contributed by atoms with van der Waals surface area (Å²) in [7, 11) is -4.37. The van der Waals surface area contributed by atoms with E-state index in [1.54, 1.807) is 6.07 Å². The minimum absolute atomic E-state index is 0.165. The Labute approximate surface area is 207 Å². The van der Waals surface area contributed by atoms with Gasteiger partial charge in [0.2, 0.25) is 5.91 Å². The number of amides is 1. The maximum atomic E-state index is 13.5. The summed E-state index contributed by atoms with van der Waals surface area (Å²) in [6, 6.07) is 17.0.